The maximum Gasteiger partial charge on any atom is 0.417 e. The van der Waals surface area contributed by atoms with E-state index in [1.165, 1.54) is 12.1 Å². The number of rotatable bonds is 4. The highest BCUT2D eigenvalue weighted by molar-refractivity contribution is 5.92. The van der Waals surface area contributed by atoms with Crippen molar-refractivity contribution < 1.29 is 18.0 Å². The van der Waals surface area contributed by atoms with Crippen molar-refractivity contribution in [3.05, 3.63) is 64.0 Å². The number of aromatic nitrogens is 3. The highest BCUT2D eigenvalue weighted by Crippen LogP contribution is 2.34. The molecule has 0 aliphatic carbocycles. The number of anilines is 1. The lowest BCUT2D eigenvalue weighted by molar-refractivity contribution is -0.136. The number of hydrogen-bond donors (Lipinski definition) is 2. The molecule has 190 valence electrons. The first-order valence-corrected chi connectivity index (χ1v) is 12.0. The largest absolute Gasteiger partial charge is 0.417 e. The second-order valence-corrected chi connectivity index (χ2v) is 9.33. The fourth-order valence-corrected chi connectivity index (χ4v) is 5.30. The molecule has 1 unspecified atom stereocenters. The van der Waals surface area contributed by atoms with E-state index < -0.39 is 22.7 Å². The fourth-order valence-electron chi connectivity index (χ4n) is 5.30. The molecule has 2 saturated heterocycles. The molecule has 2 aliphatic heterocycles. The summed E-state index contributed by atoms with van der Waals surface area (Å²) in [4.78, 5) is 40.3. The normalized spacial score (nSPS) is 19.7. The summed E-state index contributed by atoms with van der Waals surface area (Å²) in [6, 6.07) is 7.68. The second-order valence-electron chi connectivity index (χ2n) is 9.33. The Kier molecular flexibility index (Phi) is 6.42. The summed E-state index contributed by atoms with van der Waals surface area (Å²) < 4.78 is 40.0. The number of amides is 1. The van der Waals surface area contributed by atoms with Crippen molar-refractivity contribution >= 4 is 22.5 Å². The maximum atomic E-state index is 13.3. The smallest absolute Gasteiger partial charge is 0.370 e. The average Bonchev–Trinajstić information content (AvgIpc) is 3.38. The molecule has 1 amide bonds. The van der Waals surface area contributed by atoms with Gasteiger partial charge in [0.25, 0.3) is 11.5 Å². The van der Waals surface area contributed by atoms with Gasteiger partial charge in [-0.2, -0.15) is 13.2 Å². The molecule has 36 heavy (non-hydrogen) atoms. The van der Waals surface area contributed by atoms with Crippen molar-refractivity contribution in [2.45, 2.75) is 37.4 Å². The number of nitrogens with zero attached hydrogens (tertiary/aromatic N) is 4. The third kappa shape index (κ3) is 4.67. The van der Waals surface area contributed by atoms with Gasteiger partial charge in [-0.25, -0.2) is 9.97 Å². The predicted octanol–water partition coefficient (Wildman–Crippen LogP) is 3.15. The molecule has 0 bridgehead atoms. The van der Waals surface area contributed by atoms with Crippen LogP contribution in [0.15, 0.2) is 41.3 Å². The lowest BCUT2D eigenvalue weighted by atomic mass is 10.0. The van der Waals surface area contributed by atoms with Gasteiger partial charge >= 0.3 is 6.18 Å². The number of aromatic amines is 1. The quantitative estimate of drug-likeness (QED) is 0.572. The average molecular weight is 501 g/mol. The van der Waals surface area contributed by atoms with Crippen molar-refractivity contribution in [2.24, 2.45) is 0 Å². The Morgan fingerprint density at radius 2 is 1.89 bits per heavy atom. The molecule has 3 aromatic rings. The molecule has 0 spiro atoms. The lowest BCUT2D eigenvalue weighted by Gasteiger charge is -2.37. The highest BCUT2D eigenvalue weighted by Gasteiger charge is 2.35. The fraction of sp³-hybridized carbons (Fsp3) is 0.440. The van der Waals surface area contributed by atoms with Crippen LogP contribution in [-0.2, 0) is 6.18 Å². The van der Waals surface area contributed by atoms with Crippen LogP contribution in [0.2, 0.25) is 0 Å². The van der Waals surface area contributed by atoms with Crippen LogP contribution in [-0.4, -0.2) is 65.0 Å². The number of benzene rings is 1. The maximum absolute atomic E-state index is 13.3. The van der Waals surface area contributed by atoms with E-state index in [9.17, 15) is 22.8 Å². The van der Waals surface area contributed by atoms with Gasteiger partial charge in [0.15, 0.2) is 0 Å². The zero-order chi connectivity index (χ0) is 25.4. The zero-order valence-corrected chi connectivity index (χ0v) is 19.8. The van der Waals surface area contributed by atoms with E-state index in [-0.39, 0.29) is 17.3 Å². The number of hydrogen-bond acceptors (Lipinski definition) is 6. The van der Waals surface area contributed by atoms with Gasteiger partial charge in [-0.05, 0) is 50.1 Å². The minimum atomic E-state index is -4.61. The molecular formula is C25H27F3N6O2. The number of carbonyl (C=O) groups is 1. The Morgan fingerprint density at radius 3 is 2.56 bits per heavy atom. The van der Waals surface area contributed by atoms with Crippen molar-refractivity contribution in [1.82, 2.24) is 25.2 Å². The van der Waals surface area contributed by atoms with Crippen LogP contribution in [0.4, 0.5) is 18.9 Å². The standard InChI is InChI=1S/C25H27F3N6O2/c1-29-23(35)20-6-5-17(13-30-20)33-11-8-16(9-12-33)34-10-7-15(14-34)22-31-19-4-2-3-18(25(26,27)28)21(19)24(36)32-22/h2-6,13,15-16H,7-12,14H2,1H3,(H,29,35)(H,31,32,36). The van der Waals surface area contributed by atoms with Gasteiger partial charge in [0.1, 0.15) is 11.5 Å². The molecule has 0 radical (unpaired) electrons. The molecule has 1 aromatic carbocycles. The number of pyridine rings is 1. The first-order valence-electron chi connectivity index (χ1n) is 12.0. The molecule has 2 N–H and O–H groups in total. The minimum Gasteiger partial charge on any atom is -0.370 e. The Balaban J connectivity index is 1.24. The van der Waals surface area contributed by atoms with E-state index in [0.29, 0.717) is 24.1 Å². The summed E-state index contributed by atoms with van der Waals surface area (Å²) >= 11 is 0. The predicted molar refractivity (Wildman–Crippen MR) is 129 cm³/mol. The molecule has 2 aromatic heterocycles. The molecule has 5 rings (SSSR count). The van der Waals surface area contributed by atoms with E-state index in [1.807, 2.05) is 6.07 Å². The summed E-state index contributed by atoms with van der Waals surface area (Å²) in [5.74, 6) is 0.206. The third-order valence-corrected chi connectivity index (χ3v) is 7.22. The van der Waals surface area contributed by atoms with E-state index in [2.05, 4.69) is 30.1 Å². The van der Waals surface area contributed by atoms with Crippen molar-refractivity contribution in [1.29, 1.82) is 0 Å². The number of nitrogens with one attached hydrogen (secondary N) is 2. The van der Waals surface area contributed by atoms with Crippen molar-refractivity contribution in [3.8, 4) is 0 Å². The van der Waals surface area contributed by atoms with E-state index in [4.69, 9.17) is 0 Å². The van der Waals surface area contributed by atoms with Gasteiger partial charge in [-0.1, -0.05) is 6.07 Å². The first kappa shape index (κ1) is 24.2. The number of alkyl halides is 3. The third-order valence-electron chi connectivity index (χ3n) is 7.22. The topological polar surface area (TPSA) is 94.2 Å². The van der Waals surface area contributed by atoms with Crippen LogP contribution in [0, 0.1) is 0 Å². The Labute approximate surface area is 205 Å². The van der Waals surface area contributed by atoms with Gasteiger partial charge < -0.3 is 15.2 Å². The summed E-state index contributed by atoms with van der Waals surface area (Å²) in [7, 11) is 1.57. The van der Waals surface area contributed by atoms with Crippen LogP contribution in [0.3, 0.4) is 0 Å². The van der Waals surface area contributed by atoms with Crippen molar-refractivity contribution in [3.63, 3.8) is 0 Å². The van der Waals surface area contributed by atoms with E-state index in [1.54, 1.807) is 19.3 Å². The van der Waals surface area contributed by atoms with Crippen molar-refractivity contribution in [2.75, 3.05) is 38.1 Å². The number of likely N-dealkylation sites (tertiary alicyclic amines) is 1. The number of carbonyl (C=O) groups excluding carboxylic acids is 1. The number of fused-ring (bicyclic) bond motifs is 1. The summed E-state index contributed by atoms with van der Waals surface area (Å²) in [6.45, 7) is 3.28. The summed E-state index contributed by atoms with van der Waals surface area (Å²) in [5, 5.41) is 2.15. The lowest BCUT2D eigenvalue weighted by Crippen LogP contribution is -2.44. The van der Waals surface area contributed by atoms with Crippen LogP contribution < -0.4 is 15.8 Å². The SMILES string of the molecule is CNC(=O)c1ccc(N2CCC(N3CCC(c4nc5cccc(C(F)(F)F)c5c(=O)[nH]4)C3)CC2)cn1. The van der Waals surface area contributed by atoms with Gasteiger partial charge in [0, 0.05) is 38.6 Å². The Bertz CT molecular complexity index is 1320. The minimum absolute atomic E-state index is 0.0314. The Morgan fingerprint density at radius 1 is 1.11 bits per heavy atom. The zero-order valence-electron chi connectivity index (χ0n) is 19.8. The summed E-state index contributed by atoms with van der Waals surface area (Å²) in [5.41, 5.74) is -0.263. The van der Waals surface area contributed by atoms with Gasteiger partial charge in [-0.3, -0.25) is 14.5 Å². The van der Waals surface area contributed by atoms with Crippen LogP contribution >= 0.6 is 0 Å². The molecule has 2 fully saturated rings. The molecule has 1 atom stereocenters. The second kappa shape index (κ2) is 9.53. The molecule has 4 heterocycles. The number of piperidine rings is 1. The highest BCUT2D eigenvalue weighted by atomic mass is 19.4. The molecule has 8 nitrogen and oxygen atoms in total. The van der Waals surface area contributed by atoms with Gasteiger partial charge in [-0.15, -0.1) is 0 Å². The van der Waals surface area contributed by atoms with E-state index in [0.717, 1.165) is 50.7 Å². The monoisotopic (exact) mass is 500 g/mol. The van der Waals surface area contributed by atoms with Crippen LogP contribution in [0.5, 0.6) is 0 Å². The molecule has 0 saturated carbocycles. The van der Waals surface area contributed by atoms with Crippen LogP contribution in [0.1, 0.15) is 47.1 Å². The number of halogens is 3. The molecule has 11 heteroatoms. The Hall–Kier alpha value is -3.47. The first-order chi connectivity index (χ1) is 17.2. The van der Waals surface area contributed by atoms with Gasteiger partial charge in [0.05, 0.1) is 28.4 Å². The molecular weight excluding hydrogens is 473 g/mol. The number of H-pyrrole nitrogens is 1. The summed E-state index contributed by atoms with van der Waals surface area (Å²) in [6.07, 6.45) is -0.181. The van der Waals surface area contributed by atoms with Gasteiger partial charge in [0.2, 0.25) is 0 Å². The van der Waals surface area contributed by atoms with E-state index >= 15 is 0 Å². The molecule has 2 aliphatic rings. The van der Waals surface area contributed by atoms with Crippen LogP contribution in [0.25, 0.3) is 10.9 Å².